The Bertz CT molecular complexity index is 503. The van der Waals surface area contributed by atoms with Crippen LogP contribution in [0.2, 0.25) is 0 Å². The Morgan fingerprint density at radius 2 is 2.25 bits per heavy atom. The molecule has 2 heterocycles. The fraction of sp³-hybridized carbons (Fsp3) is 0.417. The maximum absolute atomic E-state index is 13.2. The van der Waals surface area contributed by atoms with Crippen molar-refractivity contribution in [3.8, 4) is 0 Å². The lowest BCUT2D eigenvalue weighted by Crippen LogP contribution is -2.20. The van der Waals surface area contributed by atoms with Crippen LogP contribution < -0.4 is 5.32 Å². The summed E-state index contributed by atoms with van der Waals surface area (Å²) in [6, 6.07) is 4.56. The van der Waals surface area contributed by atoms with Gasteiger partial charge in [-0.2, -0.15) is 0 Å². The third-order valence-electron chi connectivity index (χ3n) is 3.01. The Hall–Kier alpha value is -1.42. The van der Waals surface area contributed by atoms with Gasteiger partial charge >= 0.3 is 0 Å². The molecule has 1 aromatic carbocycles. The number of benzene rings is 1. The molecule has 1 saturated heterocycles. The van der Waals surface area contributed by atoms with Crippen LogP contribution in [-0.4, -0.2) is 11.7 Å². The highest BCUT2D eigenvalue weighted by molar-refractivity contribution is 5.79. The molecule has 4 heteroatoms. The van der Waals surface area contributed by atoms with Crippen molar-refractivity contribution >= 4 is 11.0 Å². The molecule has 0 saturated carbocycles. The van der Waals surface area contributed by atoms with Gasteiger partial charge < -0.3 is 4.52 Å². The van der Waals surface area contributed by atoms with Gasteiger partial charge in [0.25, 0.3) is 0 Å². The second kappa shape index (κ2) is 3.87. The number of rotatable bonds is 1. The number of nitrogens with zero attached hydrogens (tertiary/aromatic N) is 2. The van der Waals surface area contributed by atoms with E-state index >= 15 is 0 Å². The minimum atomic E-state index is -0.257. The first-order valence-electron chi connectivity index (χ1n) is 5.56. The normalized spacial score (nSPS) is 21.4. The molecule has 16 heavy (non-hydrogen) atoms. The Kier molecular flexibility index (Phi) is 2.36. The van der Waals surface area contributed by atoms with Crippen LogP contribution in [0.1, 0.15) is 31.0 Å². The summed E-state index contributed by atoms with van der Waals surface area (Å²) >= 11 is 0. The molecule has 3 nitrogen and oxygen atoms in total. The van der Waals surface area contributed by atoms with E-state index < -0.39 is 0 Å². The van der Waals surface area contributed by atoms with Crippen LogP contribution in [0.3, 0.4) is 0 Å². The third kappa shape index (κ3) is 1.59. The summed E-state index contributed by atoms with van der Waals surface area (Å²) in [5, 5.41) is 9.29. The summed E-state index contributed by atoms with van der Waals surface area (Å²) in [6.07, 6.45) is 3.27. The molecule has 0 N–H and O–H groups in total. The zero-order valence-corrected chi connectivity index (χ0v) is 8.82. The van der Waals surface area contributed by atoms with Crippen LogP contribution in [0, 0.1) is 5.82 Å². The second-order valence-electron chi connectivity index (χ2n) is 4.13. The van der Waals surface area contributed by atoms with Crippen molar-refractivity contribution in [2.24, 2.45) is 0 Å². The van der Waals surface area contributed by atoms with Gasteiger partial charge in [-0.05, 0) is 31.0 Å². The average Bonchev–Trinajstić information content (AvgIpc) is 2.73. The zero-order chi connectivity index (χ0) is 11.0. The minimum Gasteiger partial charge on any atom is -0.356 e. The molecule has 1 aromatic heterocycles. The van der Waals surface area contributed by atoms with Gasteiger partial charge in [0.15, 0.2) is 5.58 Å². The van der Waals surface area contributed by atoms with E-state index in [0.29, 0.717) is 5.58 Å². The van der Waals surface area contributed by atoms with Gasteiger partial charge in [0.05, 0.1) is 6.04 Å². The molecule has 1 radical (unpaired) electrons. The molecular weight excluding hydrogens is 207 g/mol. The standard InChI is InChI=1S/C12H12FN2O/c13-8-4-5-11-9(7-8)12(15-16-11)10-3-1-2-6-14-10/h4-5,7,10H,1-3,6H2. The Morgan fingerprint density at radius 3 is 3.06 bits per heavy atom. The topological polar surface area (TPSA) is 40.1 Å². The van der Waals surface area contributed by atoms with Crippen LogP contribution in [0.4, 0.5) is 4.39 Å². The van der Waals surface area contributed by atoms with Gasteiger partial charge in [-0.3, -0.25) is 0 Å². The van der Waals surface area contributed by atoms with Crippen molar-refractivity contribution in [3.63, 3.8) is 0 Å². The first-order chi connectivity index (χ1) is 7.84. The zero-order valence-electron chi connectivity index (χ0n) is 8.82. The van der Waals surface area contributed by atoms with Gasteiger partial charge in [-0.15, -0.1) is 0 Å². The summed E-state index contributed by atoms with van der Waals surface area (Å²) in [7, 11) is 0. The van der Waals surface area contributed by atoms with Gasteiger partial charge in [0.2, 0.25) is 0 Å². The molecule has 83 valence electrons. The number of aromatic nitrogens is 1. The van der Waals surface area contributed by atoms with Crippen molar-refractivity contribution in [1.29, 1.82) is 0 Å². The largest absolute Gasteiger partial charge is 0.356 e. The molecule has 0 aliphatic carbocycles. The molecule has 3 rings (SSSR count). The highest BCUT2D eigenvalue weighted by Crippen LogP contribution is 2.29. The minimum absolute atomic E-state index is 0.0804. The molecule has 1 aliphatic heterocycles. The molecule has 1 atom stereocenters. The fourth-order valence-electron chi connectivity index (χ4n) is 2.18. The maximum Gasteiger partial charge on any atom is 0.167 e. The maximum atomic E-state index is 13.2. The number of halogens is 1. The van der Waals surface area contributed by atoms with E-state index in [1.165, 1.54) is 12.1 Å². The van der Waals surface area contributed by atoms with Crippen molar-refractivity contribution in [3.05, 3.63) is 29.7 Å². The Morgan fingerprint density at radius 1 is 1.31 bits per heavy atom. The molecule has 2 aromatic rings. The van der Waals surface area contributed by atoms with Crippen LogP contribution in [0.15, 0.2) is 22.7 Å². The predicted molar refractivity (Wildman–Crippen MR) is 57.6 cm³/mol. The van der Waals surface area contributed by atoms with E-state index in [1.807, 2.05) is 0 Å². The number of hydrogen-bond donors (Lipinski definition) is 0. The summed E-state index contributed by atoms with van der Waals surface area (Å²) in [6.45, 7) is 0.869. The monoisotopic (exact) mass is 219 g/mol. The third-order valence-corrected chi connectivity index (χ3v) is 3.01. The lowest BCUT2D eigenvalue weighted by Gasteiger charge is -2.19. The highest BCUT2D eigenvalue weighted by Gasteiger charge is 2.22. The Balaban J connectivity index is 2.05. The molecule has 0 spiro atoms. The summed E-state index contributed by atoms with van der Waals surface area (Å²) < 4.78 is 18.3. The summed E-state index contributed by atoms with van der Waals surface area (Å²) in [5.74, 6) is -0.257. The van der Waals surface area contributed by atoms with E-state index in [4.69, 9.17) is 4.52 Å². The highest BCUT2D eigenvalue weighted by atomic mass is 19.1. The quantitative estimate of drug-likeness (QED) is 0.739. The van der Waals surface area contributed by atoms with Crippen molar-refractivity contribution in [2.45, 2.75) is 25.3 Å². The van der Waals surface area contributed by atoms with Gasteiger partial charge in [0, 0.05) is 11.9 Å². The predicted octanol–water partition coefficient (Wildman–Crippen LogP) is 2.80. The van der Waals surface area contributed by atoms with Crippen molar-refractivity contribution in [2.75, 3.05) is 6.54 Å². The second-order valence-corrected chi connectivity index (χ2v) is 4.13. The SMILES string of the molecule is Fc1ccc2onc(C3CCCC[N]3)c2c1. The van der Waals surface area contributed by atoms with Crippen LogP contribution in [0.25, 0.3) is 11.0 Å². The first kappa shape index (κ1) is 9.78. The Labute approximate surface area is 92.6 Å². The molecule has 0 amide bonds. The molecule has 1 fully saturated rings. The lowest BCUT2D eigenvalue weighted by atomic mass is 10.00. The van der Waals surface area contributed by atoms with Crippen LogP contribution in [0.5, 0.6) is 0 Å². The van der Waals surface area contributed by atoms with Gasteiger partial charge in [0.1, 0.15) is 11.5 Å². The number of piperidine rings is 1. The average molecular weight is 219 g/mol. The number of hydrogen-bond acceptors (Lipinski definition) is 2. The lowest BCUT2D eigenvalue weighted by molar-refractivity contribution is 0.369. The van der Waals surface area contributed by atoms with Gasteiger partial charge in [-0.25, -0.2) is 9.71 Å². The van der Waals surface area contributed by atoms with Gasteiger partial charge in [-0.1, -0.05) is 11.6 Å². The molecule has 1 aliphatic rings. The van der Waals surface area contributed by atoms with Crippen molar-refractivity contribution in [1.82, 2.24) is 10.5 Å². The molecular formula is C12H12FN2O. The van der Waals surface area contributed by atoms with Crippen LogP contribution >= 0.6 is 0 Å². The molecule has 1 unspecified atom stereocenters. The van der Waals surface area contributed by atoms with E-state index in [-0.39, 0.29) is 11.9 Å². The van der Waals surface area contributed by atoms with Crippen molar-refractivity contribution < 1.29 is 8.91 Å². The van der Waals surface area contributed by atoms with E-state index in [9.17, 15) is 4.39 Å². The summed E-state index contributed by atoms with van der Waals surface area (Å²) in [4.78, 5) is 0. The molecule has 0 bridgehead atoms. The van der Waals surface area contributed by atoms with E-state index in [2.05, 4.69) is 10.5 Å². The van der Waals surface area contributed by atoms with Crippen LogP contribution in [-0.2, 0) is 0 Å². The smallest absolute Gasteiger partial charge is 0.167 e. The number of fused-ring (bicyclic) bond motifs is 1. The van der Waals surface area contributed by atoms with E-state index in [0.717, 1.165) is 36.9 Å². The first-order valence-corrected chi connectivity index (χ1v) is 5.56. The fourth-order valence-corrected chi connectivity index (χ4v) is 2.18. The summed E-state index contributed by atoms with van der Waals surface area (Å²) in [5.41, 5.74) is 1.42. The van der Waals surface area contributed by atoms with E-state index in [1.54, 1.807) is 6.07 Å².